The number of carbonyl (C=O) groups excluding carboxylic acids is 3. The molecule has 5 unspecified atom stereocenters. The van der Waals surface area contributed by atoms with Gasteiger partial charge in [-0.05, 0) is 44.9 Å². The van der Waals surface area contributed by atoms with Crippen LogP contribution in [0.2, 0.25) is 0 Å². The number of halogens is 1. The highest BCUT2D eigenvalue weighted by molar-refractivity contribution is 14.1. The van der Waals surface area contributed by atoms with Crippen molar-refractivity contribution in [3.8, 4) is 0 Å². The molecule has 5 nitrogen and oxygen atoms in total. The number of rotatable bonds is 6. The minimum Gasteiger partial charge on any atom is -0.461 e. The van der Waals surface area contributed by atoms with Gasteiger partial charge in [-0.2, -0.15) is 0 Å². The molecule has 2 fully saturated rings. The van der Waals surface area contributed by atoms with Crippen LogP contribution in [0.5, 0.6) is 0 Å². The van der Waals surface area contributed by atoms with E-state index in [9.17, 15) is 14.4 Å². The summed E-state index contributed by atoms with van der Waals surface area (Å²) >= 11 is 2.11. The van der Waals surface area contributed by atoms with E-state index in [0.29, 0.717) is 18.8 Å². The second-order valence-electron chi connectivity index (χ2n) is 6.65. The number of esters is 2. The van der Waals surface area contributed by atoms with E-state index in [1.54, 1.807) is 0 Å². The van der Waals surface area contributed by atoms with Gasteiger partial charge >= 0.3 is 18.4 Å². The van der Waals surface area contributed by atoms with Gasteiger partial charge in [0.05, 0.1) is 5.41 Å². The fourth-order valence-corrected chi connectivity index (χ4v) is 4.12. The average Bonchev–Trinajstić information content (AvgIpc) is 3.05. The third kappa shape index (κ3) is 2.90. The molecule has 22 heavy (non-hydrogen) atoms. The van der Waals surface area contributed by atoms with Crippen molar-refractivity contribution in [2.75, 3.05) is 0 Å². The molecule has 2 saturated carbocycles. The minimum atomic E-state index is -0.678. The number of hydrogen-bond donors (Lipinski definition) is 0. The molecular weight excluding hydrogens is 399 g/mol. The van der Waals surface area contributed by atoms with E-state index in [0.717, 1.165) is 19.3 Å². The van der Waals surface area contributed by atoms with Gasteiger partial charge in [-0.1, -0.05) is 36.4 Å². The second-order valence-corrected chi connectivity index (χ2v) is 9.03. The van der Waals surface area contributed by atoms with Crippen molar-refractivity contribution in [2.24, 2.45) is 17.3 Å². The van der Waals surface area contributed by atoms with Crippen molar-refractivity contribution in [1.82, 2.24) is 0 Å². The predicted molar refractivity (Wildman–Crippen MR) is 88.3 cm³/mol. The van der Waals surface area contributed by atoms with Crippen molar-refractivity contribution in [3.05, 3.63) is 0 Å². The molecule has 0 saturated heterocycles. The van der Waals surface area contributed by atoms with Gasteiger partial charge in [-0.25, -0.2) is 0 Å². The van der Waals surface area contributed by atoms with E-state index in [4.69, 9.17) is 4.74 Å². The molecule has 2 bridgehead atoms. The monoisotopic (exact) mass is 422 g/mol. The molecule has 0 amide bonds. The average molecular weight is 422 g/mol. The lowest BCUT2D eigenvalue weighted by atomic mass is 9.70. The Morgan fingerprint density at radius 2 is 2.05 bits per heavy atom. The van der Waals surface area contributed by atoms with Crippen LogP contribution in [0.3, 0.4) is 0 Å². The summed E-state index contributed by atoms with van der Waals surface area (Å²) < 4.78 is 9.85. The van der Waals surface area contributed by atoms with Crippen LogP contribution in [-0.2, 0) is 23.9 Å². The lowest BCUT2D eigenvalue weighted by Crippen LogP contribution is -2.45. The minimum absolute atomic E-state index is 0.0389. The highest BCUT2D eigenvalue weighted by atomic mass is 127. The zero-order valence-corrected chi connectivity index (χ0v) is 15.4. The fourth-order valence-electron chi connectivity index (χ4n) is 4.00. The molecule has 2 aliphatic rings. The number of carbonyl (C=O) groups is 3. The number of hydrogen-bond acceptors (Lipinski definition) is 5. The quantitative estimate of drug-likeness (QED) is 0.216. The molecule has 5 atom stereocenters. The second kappa shape index (κ2) is 6.45. The Hall–Kier alpha value is -0.660. The Labute approximate surface area is 144 Å². The maximum atomic E-state index is 12.3. The normalized spacial score (nSPS) is 35.7. The Kier molecular flexibility index (Phi) is 5.19. The van der Waals surface area contributed by atoms with Gasteiger partial charge in [0, 0.05) is 5.92 Å². The van der Waals surface area contributed by atoms with Crippen molar-refractivity contribution in [3.63, 3.8) is 0 Å². The topological polar surface area (TPSA) is 69.7 Å². The molecule has 124 valence electrons. The van der Waals surface area contributed by atoms with Gasteiger partial charge in [0.2, 0.25) is 0 Å². The lowest BCUT2D eigenvalue weighted by Gasteiger charge is -2.38. The van der Waals surface area contributed by atoms with Gasteiger partial charge in [0.1, 0.15) is 9.53 Å². The molecule has 0 aromatic carbocycles. The summed E-state index contributed by atoms with van der Waals surface area (Å²) in [6, 6.07) is 0. The third-order valence-electron chi connectivity index (χ3n) is 5.50. The van der Waals surface area contributed by atoms with Gasteiger partial charge < -0.3 is 9.47 Å². The first kappa shape index (κ1) is 17.7. The summed E-state index contributed by atoms with van der Waals surface area (Å²) in [4.78, 5) is 35.1. The van der Waals surface area contributed by atoms with E-state index in [1.807, 2.05) is 20.8 Å². The van der Waals surface area contributed by atoms with Crippen molar-refractivity contribution >= 4 is 41.0 Å². The number of fused-ring (bicyclic) bond motifs is 2. The van der Waals surface area contributed by atoms with E-state index >= 15 is 0 Å². The fraction of sp³-hybridized carbons (Fsp3) is 0.812. The summed E-state index contributed by atoms with van der Waals surface area (Å²) in [7, 11) is 0. The van der Waals surface area contributed by atoms with Crippen LogP contribution in [0.15, 0.2) is 0 Å². The summed E-state index contributed by atoms with van der Waals surface area (Å²) in [5, 5.41) is 0. The van der Waals surface area contributed by atoms with Gasteiger partial charge in [-0.3, -0.25) is 14.4 Å². The number of ether oxygens (including phenoxy) is 2. The third-order valence-corrected chi connectivity index (χ3v) is 6.71. The van der Waals surface area contributed by atoms with Gasteiger partial charge in [0.25, 0.3) is 0 Å². The smallest absolute Gasteiger partial charge is 0.322 e. The Balaban J connectivity index is 2.15. The first-order chi connectivity index (χ1) is 10.3. The summed E-state index contributed by atoms with van der Waals surface area (Å²) in [5.74, 6) is -0.361. The zero-order valence-electron chi connectivity index (χ0n) is 13.3. The molecule has 0 N–H and O–H groups in total. The van der Waals surface area contributed by atoms with Gasteiger partial charge in [0.15, 0.2) is 0 Å². The molecule has 2 rings (SSSR count). The van der Waals surface area contributed by atoms with E-state index in [-0.39, 0.29) is 24.5 Å². The van der Waals surface area contributed by atoms with Crippen LogP contribution < -0.4 is 0 Å². The van der Waals surface area contributed by atoms with Crippen LogP contribution in [-0.4, -0.2) is 27.9 Å². The predicted octanol–water partition coefficient (Wildman–Crippen LogP) is 3.03. The molecule has 0 heterocycles. The van der Waals surface area contributed by atoms with Crippen LogP contribution in [0.25, 0.3) is 0 Å². The largest absolute Gasteiger partial charge is 0.461 e. The molecule has 0 aromatic rings. The van der Waals surface area contributed by atoms with E-state index in [1.165, 1.54) is 0 Å². The molecule has 0 aliphatic heterocycles. The molecular formula is C16H23IO5. The number of alkyl halides is 1. The molecule has 0 radical (unpaired) electrons. The molecule has 6 heteroatoms. The van der Waals surface area contributed by atoms with Gasteiger partial charge in [-0.15, -0.1) is 0 Å². The first-order valence-corrected chi connectivity index (χ1v) is 8.93. The maximum absolute atomic E-state index is 12.3. The van der Waals surface area contributed by atoms with E-state index < -0.39 is 14.8 Å². The SMILES string of the molecule is CCC(C)(I)C(=O)OC1CC2CC1C(CC)(C(=O)OC=O)C2. The van der Waals surface area contributed by atoms with E-state index in [2.05, 4.69) is 27.3 Å². The summed E-state index contributed by atoms with van der Waals surface area (Å²) in [6.45, 7) is 5.94. The highest BCUT2D eigenvalue weighted by Crippen LogP contribution is 2.59. The summed E-state index contributed by atoms with van der Waals surface area (Å²) in [6.07, 6.45) is 3.45. The highest BCUT2D eigenvalue weighted by Gasteiger charge is 2.61. The Morgan fingerprint density at radius 1 is 1.36 bits per heavy atom. The maximum Gasteiger partial charge on any atom is 0.322 e. The van der Waals surface area contributed by atoms with Crippen LogP contribution in [0.1, 0.15) is 52.9 Å². The van der Waals surface area contributed by atoms with Crippen molar-refractivity contribution < 1.29 is 23.9 Å². The zero-order chi connectivity index (χ0) is 16.5. The Morgan fingerprint density at radius 3 is 2.55 bits per heavy atom. The molecule has 0 spiro atoms. The standard InChI is InChI=1S/C16H23IO5/c1-4-15(3,17)13(19)22-12-7-10-6-11(12)16(5-2,8-10)14(20)21-9-18/h9-12H,4-8H2,1-3H3. The van der Waals surface area contributed by atoms with Crippen LogP contribution >= 0.6 is 22.6 Å². The molecule has 0 aromatic heterocycles. The summed E-state index contributed by atoms with van der Waals surface area (Å²) in [5.41, 5.74) is -0.678. The van der Waals surface area contributed by atoms with Crippen LogP contribution in [0, 0.1) is 17.3 Å². The lowest BCUT2D eigenvalue weighted by molar-refractivity contribution is -0.172. The molecule has 2 aliphatic carbocycles. The first-order valence-electron chi connectivity index (χ1n) is 7.85. The Bertz CT molecular complexity index is 475. The van der Waals surface area contributed by atoms with Crippen LogP contribution in [0.4, 0.5) is 0 Å². The van der Waals surface area contributed by atoms with Crippen molar-refractivity contribution in [1.29, 1.82) is 0 Å². The van der Waals surface area contributed by atoms with Crippen molar-refractivity contribution in [2.45, 2.75) is 62.4 Å².